The minimum absolute atomic E-state index is 0.000219. The first kappa shape index (κ1) is 23.2. The summed E-state index contributed by atoms with van der Waals surface area (Å²) < 4.78 is 46.3. The first-order valence-corrected chi connectivity index (χ1v) is 11.1. The lowest BCUT2D eigenvalue weighted by molar-refractivity contribution is -0.119. The van der Waals surface area contributed by atoms with Gasteiger partial charge in [-0.05, 0) is 48.5 Å². The highest BCUT2D eigenvalue weighted by Gasteiger charge is 2.27. The van der Waals surface area contributed by atoms with Crippen LogP contribution in [0.5, 0.6) is 5.75 Å². The third kappa shape index (κ3) is 5.43. The Morgan fingerprint density at radius 2 is 1.78 bits per heavy atom. The maximum atomic E-state index is 13.8. The summed E-state index contributed by atoms with van der Waals surface area (Å²) in [6.07, 6.45) is 1.06. The van der Waals surface area contributed by atoms with Crippen LogP contribution >= 0.6 is 11.6 Å². The van der Waals surface area contributed by atoms with Gasteiger partial charge in [-0.15, -0.1) is 0 Å². The van der Waals surface area contributed by atoms with Gasteiger partial charge in [-0.2, -0.15) is 5.10 Å². The largest absolute Gasteiger partial charge is 0.497 e. The summed E-state index contributed by atoms with van der Waals surface area (Å²) in [7, 11) is -2.61. The predicted molar refractivity (Wildman–Crippen MR) is 121 cm³/mol. The van der Waals surface area contributed by atoms with Gasteiger partial charge in [-0.3, -0.25) is 9.10 Å². The van der Waals surface area contributed by atoms with E-state index in [1.54, 1.807) is 30.3 Å². The van der Waals surface area contributed by atoms with Crippen LogP contribution in [0.3, 0.4) is 0 Å². The minimum Gasteiger partial charge on any atom is -0.497 e. The lowest BCUT2D eigenvalue weighted by Gasteiger charge is -2.23. The van der Waals surface area contributed by atoms with Gasteiger partial charge >= 0.3 is 0 Å². The number of halogens is 2. The Morgan fingerprint density at radius 3 is 2.41 bits per heavy atom. The van der Waals surface area contributed by atoms with Gasteiger partial charge < -0.3 is 4.74 Å². The fourth-order valence-electron chi connectivity index (χ4n) is 2.75. The van der Waals surface area contributed by atoms with Gasteiger partial charge in [0.05, 0.1) is 28.9 Å². The third-order valence-corrected chi connectivity index (χ3v) is 6.48. The number of methoxy groups -OCH3 is 1. The minimum atomic E-state index is -4.08. The van der Waals surface area contributed by atoms with Crippen molar-refractivity contribution in [2.24, 2.45) is 5.10 Å². The zero-order chi connectivity index (χ0) is 23.1. The van der Waals surface area contributed by atoms with Crippen molar-refractivity contribution >= 4 is 39.4 Å². The molecule has 0 aliphatic rings. The summed E-state index contributed by atoms with van der Waals surface area (Å²) in [4.78, 5) is 12.5. The molecule has 0 radical (unpaired) electrons. The number of hydrazone groups is 1. The molecule has 0 aliphatic carbocycles. The van der Waals surface area contributed by atoms with Crippen molar-refractivity contribution in [1.82, 2.24) is 5.43 Å². The second kappa shape index (κ2) is 10.3. The number of hydrogen-bond donors (Lipinski definition) is 1. The summed E-state index contributed by atoms with van der Waals surface area (Å²) in [6, 6.07) is 18.1. The SMILES string of the molecule is COc1ccc(S(=O)(=O)N(CC(=O)N/N=C\c2c(F)cccc2Cl)c2ccccc2)cc1. The molecule has 3 aromatic carbocycles. The average Bonchev–Trinajstić information content (AvgIpc) is 2.80. The number of benzene rings is 3. The lowest BCUT2D eigenvalue weighted by atomic mass is 10.2. The molecule has 3 aromatic rings. The Kier molecular flexibility index (Phi) is 7.45. The maximum Gasteiger partial charge on any atom is 0.264 e. The van der Waals surface area contributed by atoms with Crippen LogP contribution < -0.4 is 14.5 Å². The molecule has 10 heteroatoms. The molecule has 3 rings (SSSR count). The first-order chi connectivity index (χ1) is 15.3. The number of nitrogens with zero attached hydrogens (tertiary/aromatic N) is 2. The zero-order valence-corrected chi connectivity index (χ0v) is 18.5. The highest BCUT2D eigenvalue weighted by atomic mass is 35.5. The van der Waals surface area contributed by atoms with Crippen molar-refractivity contribution in [2.75, 3.05) is 18.0 Å². The van der Waals surface area contributed by atoms with Gasteiger partial charge in [-0.25, -0.2) is 18.2 Å². The van der Waals surface area contributed by atoms with Crippen molar-refractivity contribution in [3.8, 4) is 5.75 Å². The van der Waals surface area contributed by atoms with Crippen molar-refractivity contribution in [1.29, 1.82) is 0 Å². The van der Waals surface area contributed by atoms with E-state index < -0.39 is 28.3 Å². The van der Waals surface area contributed by atoms with Crippen molar-refractivity contribution in [3.63, 3.8) is 0 Å². The molecule has 0 atom stereocenters. The highest BCUT2D eigenvalue weighted by Crippen LogP contribution is 2.25. The summed E-state index contributed by atoms with van der Waals surface area (Å²) >= 11 is 5.92. The van der Waals surface area contributed by atoms with Gasteiger partial charge in [0.2, 0.25) is 0 Å². The number of nitrogens with one attached hydrogen (secondary N) is 1. The number of ether oxygens (including phenoxy) is 1. The van der Waals surface area contributed by atoms with Crippen molar-refractivity contribution < 1.29 is 22.3 Å². The van der Waals surface area contributed by atoms with Crippen LogP contribution in [0.15, 0.2) is 82.8 Å². The molecule has 32 heavy (non-hydrogen) atoms. The molecule has 166 valence electrons. The number of rotatable bonds is 8. The highest BCUT2D eigenvalue weighted by molar-refractivity contribution is 7.92. The second-order valence-electron chi connectivity index (χ2n) is 6.45. The number of para-hydroxylation sites is 1. The van der Waals surface area contributed by atoms with Gasteiger partial charge in [0.15, 0.2) is 0 Å². The van der Waals surface area contributed by atoms with Crippen LogP contribution in [0, 0.1) is 5.82 Å². The van der Waals surface area contributed by atoms with E-state index in [1.165, 1.54) is 49.6 Å². The van der Waals surface area contributed by atoms with Gasteiger partial charge in [0.1, 0.15) is 18.1 Å². The molecule has 0 spiro atoms. The molecule has 1 amide bonds. The molecular weight excluding hydrogens is 457 g/mol. The van der Waals surface area contributed by atoms with Gasteiger partial charge in [0, 0.05) is 5.56 Å². The standard InChI is InChI=1S/C22H19ClFN3O4S/c1-31-17-10-12-18(13-11-17)32(29,30)27(16-6-3-2-4-7-16)15-22(28)26-25-14-19-20(23)8-5-9-21(19)24/h2-14H,15H2,1H3,(H,26,28)/b25-14-. The quantitative estimate of drug-likeness (QED) is 0.396. The molecule has 0 aliphatic heterocycles. The van der Waals surface area contributed by atoms with Crippen molar-refractivity contribution in [3.05, 3.63) is 89.2 Å². The Bertz CT molecular complexity index is 1200. The van der Waals surface area contributed by atoms with Crippen LogP contribution in [-0.2, 0) is 14.8 Å². The summed E-state index contributed by atoms with van der Waals surface area (Å²) in [5, 5.41) is 3.82. The van der Waals surface area contributed by atoms with Crippen LogP contribution in [0.4, 0.5) is 10.1 Å². The fraction of sp³-hybridized carbons (Fsp3) is 0.0909. The Morgan fingerprint density at radius 1 is 1.09 bits per heavy atom. The lowest BCUT2D eigenvalue weighted by Crippen LogP contribution is -2.39. The molecule has 0 bridgehead atoms. The number of anilines is 1. The summed E-state index contributed by atoms with van der Waals surface area (Å²) in [5.74, 6) is -0.841. The molecule has 1 N–H and O–H groups in total. The smallest absolute Gasteiger partial charge is 0.264 e. The van der Waals surface area contributed by atoms with Crippen LogP contribution in [-0.4, -0.2) is 34.2 Å². The normalized spacial score (nSPS) is 11.3. The number of carbonyl (C=O) groups excluding carboxylic acids is 1. The molecule has 0 unspecified atom stereocenters. The van der Waals surface area contributed by atoms with E-state index in [-0.39, 0.29) is 15.5 Å². The zero-order valence-electron chi connectivity index (χ0n) is 16.9. The fourth-order valence-corrected chi connectivity index (χ4v) is 4.39. The Labute approximate surface area is 190 Å². The monoisotopic (exact) mass is 475 g/mol. The average molecular weight is 476 g/mol. The topological polar surface area (TPSA) is 88.1 Å². The van der Waals surface area contributed by atoms with E-state index in [0.29, 0.717) is 11.4 Å². The molecule has 7 nitrogen and oxygen atoms in total. The second-order valence-corrected chi connectivity index (χ2v) is 8.72. The summed E-state index contributed by atoms with van der Waals surface area (Å²) in [5.41, 5.74) is 2.50. The van der Waals surface area contributed by atoms with Crippen LogP contribution in [0.25, 0.3) is 0 Å². The number of hydrogen-bond acceptors (Lipinski definition) is 5. The summed E-state index contributed by atoms with van der Waals surface area (Å²) in [6.45, 7) is -0.555. The van der Waals surface area contributed by atoms with E-state index in [0.717, 1.165) is 10.5 Å². The predicted octanol–water partition coefficient (Wildman–Crippen LogP) is 3.83. The Hall–Kier alpha value is -3.43. The van der Waals surface area contributed by atoms with Crippen LogP contribution in [0.2, 0.25) is 5.02 Å². The Balaban J connectivity index is 1.83. The van der Waals surface area contributed by atoms with Crippen molar-refractivity contribution in [2.45, 2.75) is 4.90 Å². The maximum absolute atomic E-state index is 13.8. The van der Waals surface area contributed by atoms with Crippen LogP contribution in [0.1, 0.15) is 5.56 Å². The van der Waals surface area contributed by atoms with Gasteiger partial charge in [0.25, 0.3) is 15.9 Å². The molecule has 0 fully saturated rings. The molecule has 0 heterocycles. The first-order valence-electron chi connectivity index (χ1n) is 9.30. The molecule has 0 aromatic heterocycles. The van der Waals surface area contributed by atoms with E-state index in [4.69, 9.17) is 16.3 Å². The number of carbonyl (C=O) groups is 1. The molecular formula is C22H19ClFN3O4S. The molecule has 0 saturated heterocycles. The number of amides is 1. The molecule has 0 saturated carbocycles. The third-order valence-electron chi connectivity index (χ3n) is 4.36. The van der Waals surface area contributed by atoms with E-state index >= 15 is 0 Å². The van der Waals surface area contributed by atoms with E-state index in [1.807, 2.05) is 0 Å². The number of sulfonamides is 1. The van der Waals surface area contributed by atoms with Gasteiger partial charge in [-0.1, -0.05) is 35.9 Å². The van der Waals surface area contributed by atoms with E-state index in [9.17, 15) is 17.6 Å². The van der Waals surface area contributed by atoms with E-state index in [2.05, 4.69) is 10.5 Å².